The van der Waals surface area contributed by atoms with E-state index in [9.17, 15) is 0 Å². The van der Waals surface area contributed by atoms with Gasteiger partial charge in [-0.15, -0.1) is 0 Å². The van der Waals surface area contributed by atoms with Crippen LogP contribution in [0.2, 0.25) is 0 Å². The summed E-state index contributed by atoms with van der Waals surface area (Å²) in [4.78, 5) is 0.382. The highest BCUT2D eigenvalue weighted by molar-refractivity contribution is 9.09. The quantitative estimate of drug-likeness (QED) is 0.469. The molecule has 1 unspecified atom stereocenters. The fourth-order valence-corrected chi connectivity index (χ4v) is 4.14. The summed E-state index contributed by atoms with van der Waals surface area (Å²) in [6.07, 6.45) is 11.2. The van der Waals surface area contributed by atoms with Gasteiger partial charge in [-0.1, -0.05) is 32.9 Å². The van der Waals surface area contributed by atoms with Crippen LogP contribution >= 0.6 is 15.9 Å². The van der Waals surface area contributed by atoms with Crippen LogP contribution in [0.1, 0.15) is 50.3 Å². The normalized spacial score (nSPS) is 20.1. The van der Waals surface area contributed by atoms with Gasteiger partial charge in [-0.05, 0) is 50.9 Å². The summed E-state index contributed by atoms with van der Waals surface area (Å²) in [5, 5.41) is 0. The van der Waals surface area contributed by atoms with Gasteiger partial charge in [0.1, 0.15) is 10.6 Å². The van der Waals surface area contributed by atoms with E-state index >= 15 is 0 Å². The molecule has 0 heterocycles. The molecule has 0 radical (unpaired) electrons. The number of methoxy groups -OCH3 is 1. The molecule has 0 N–H and O–H groups in total. The molecule has 0 aromatic heterocycles. The molecule has 0 spiro atoms. The summed E-state index contributed by atoms with van der Waals surface area (Å²) in [5.41, 5.74) is 7.16. The zero-order valence-corrected chi connectivity index (χ0v) is 18.1. The lowest BCUT2D eigenvalue weighted by Gasteiger charge is -2.23. The molecule has 1 aromatic rings. The molecule has 130 valence electrons. The van der Waals surface area contributed by atoms with E-state index in [2.05, 4.69) is 67.4 Å². The molecule has 3 aliphatic carbocycles. The second kappa shape index (κ2) is 7.70. The number of rotatable bonds is 1. The molecule has 0 aliphatic heterocycles. The third-order valence-electron chi connectivity index (χ3n) is 4.91. The van der Waals surface area contributed by atoms with Crippen molar-refractivity contribution in [1.29, 1.82) is 0 Å². The molecule has 4 rings (SSSR count). The van der Waals surface area contributed by atoms with Crippen LogP contribution in [-0.2, 0) is 18.3 Å². The number of halogens is 2. The van der Waals surface area contributed by atoms with Crippen LogP contribution in [0.5, 0.6) is 5.75 Å². The van der Waals surface area contributed by atoms with Gasteiger partial charge in [-0.3, -0.25) is 0 Å². The van der Waals surface area contributed by atoms with Gasteiger partial charge in [0.15, 0.2) is 0 Å². The molecule has 3 aliphatic rings. The fourth-order valence-electron chi connectivity index (χ4n) is 3.42. The van der Waals surface area contributed by atoms with E-state index in [4.69, 9.17) is 4.74 Å². The highest BCUT2D eigenvalue weighted by atomic mass is 79.9. The van der Waals surface area contributed by atoms with Crippen molar-refractivity contribution in [2.45, 2.75) is 56.7 Å². The maximum absolute atomic E-state index is 5.82. The number of aryl methyl sites for hydroxylation is 2. The average Bonchev–Trinajstić information content (AvgIpc) is 2.52. The Labute approximate surface area is 165 Å². The Hall–Kier alpha value is -0.670. The summed E-state index contributed by atoms with van der Waals surface area (Å²) in [7, 11) is 1.81. The van der Waals surface area contributed by atoms with Gasteiger partial charge in [0.25, 0.3) is 0 Å². The monoisotopic (exact) mass is 452 g/mol. The third-order valence-corrected chi connectivity index (χ3v) is 5.76. The second-order valence-corrected chi connectivity index (χ2v) is 8.62. The first-order chi connectivity index (χ1) is 10.9. The van der Waals surface area contributed by atoms with Crippen LogP contribution in [0.15, 0.2) is 35.4 Å². The van der Waals surface area contributed by atoms with E-state index in [-0.39, 0.29) is 22.4 Å². The van der Waals surface area contributed by atoms with Gasteiger partial charge in [0, 0.05) is 37.0 Å². The summed E-state index contributed by atoms with van der Waals surface area (Å²) >= 11 is 3.82. The Bertz CT molecular complexity index is 665. The number of fused-ring (bicyclic) bond motifs is 4. The number of hydrogen-bond donors (Lipinski definition) is 0. The molecule has 1 atom stereocenters. The molecule has 0 saturated carbocycles. The van der Waals surface area contributed by atoms with Crippen LogP contribution in [0.25, 0.3) is 0 Å². The zero-order valence-electron chi connectivity index (χ0n) is 15.0. The number of hydrogen-bond acceptors (Lipinski definition) is 1. The van der Waals surface area contributed by atoms with Gasteiger partial charge in [-0.25, -0.2) is 0 Å². The minimum Gasteiger partial charge on any atom is -1.00 e. The average molecular weight is 454 g/mol. The lowest BCUT2D eigenvalue weighted by Crippen LogP contribution is -3.00. The molecule has 0 amide bonds. The Kier molecular flexibility index (Phi) is 6.30. The van der Waals surface area contributed by atoms with E-state index in [1.165, 1.54) is 27.8 Å². The lowest BCUT2D eigenvalue weighted by molar-refractivity contribution is -0.00000525. The first-order valence-corrected chi connectivity index (χ1v) is 9.39. The minimum atomic E-state index is 0. The molecule has 4 bridgehead atoms. The number of ether oxygens (including phenoxy) is 1. The predicted octanol–water partition coefficient (Wildman–Crippen LogP) is 2.71. The smallest absolute Gasteiger partial charge is 0.140 e. The molecule has 0 saturated heterocycles. The first kappa shape index (κ1) is 19.7. The Morgan fingerprint density at radius 2 is 1.71 bits per heavy atom. The maximum atomic E-state index is 5.82. The summed E-state index contributed by atoms with van der Waals surface area (Å²) in [6, 6.07) is 4.72. The molecular weight excluding hydrogens is 428 g/mol. The first-order valence-electron chi connectivity index (χ1n) is 8.47. The Balaban J connectivity index is 0.00000208. The number of benzene rings is 1. The van der Waals surface area contributed by atoms with Crippen molar-refractivity contribution < 1.29 is 21.7 Å². The third kappa shape index (κ3) is 4.11. The van der Waals surface area contributed by atoms with Gasteiger partial charge in [0.2, 0.25) is 0 Å². The van der Waals surface area contributed by atoms with Crippen molar-refractivity contribution in [3.05, 3.63) is 58.5 Å². The molecule has 24 heavy (non-hydrogen) atoms. The van der Waals surface area contributed by atoms with E-state index in [0.29, 0.717) is 4.83 Å². The van der Waals surface area contributed by atoms with Gasteiger partial charge >= 0.3 is 0 Å². The Morgan fingerprint density at radius 3 is 2.25 bits per heavy atom. The summed E-state index contributed by atoms with van der Waals surface area (Å²) < 4.78 is 5.82. The van der Waals surface area contributed by atoms with Crippen molar-refractivity contribution in [1.82, 2.24) is 0 Å². The number of allylic oxidation sites excluding steroid dienone is 4. The number of alkyl halides is 1. The molecule has 1 aromatic carbocycles. The zero-order chi connectivity index (χ0) is 16.6. The predicted molar refractivity (Wildman–Crippen MR) is 102 cm³/mol. The fraction of sp³-hybridized carbons (Fsp3) is 0.476. The van der Waals surface area contributed by atoms with E-state index in [1.807, 2.05) is 7.11 Å². The standard InChI is InChI=1S/C21H26BrO.BrH/c1-21(2,3)18-12-16-8-6-14-5-7-15(19(22)11-14)9-10-17(13-18)20(16)23-4;/h5,7,11-13,19H,6,8-10H2,1-4H3;1H/q+1;/p-1. The topological polar surface area (TPSA) is 9.23 Å². The highest BCUT2D eigenvalue weighted by Crippen LogP contribution is 2.37. The van der Waals surface area contributed by atoms with E-state index in [1.54, 1.807) is 0 Å². The molecular formula is C21H26Br2O. The van der Waals surface area contributed by atoms with Crippen LogP contribution < -0.4 is 21.7 Å². The van der Waals surface area contributed by atoms with Crippen LogP contribution in [-0.4, -0.2) is 11.9 Å². The van der Waals surface area contributed by atoms with Gasteiger partial charge in [0.05, 0.1) is 12.7 Å². The van der Waals surface area contributed by atoms with E-state index < -0.39 is 0 Å². The van der Waals surface area contributed by atoms with Gasteiger partial charge < -0.3 is 21.7 Å². The van der Waals surface area contributed by atoms with Crippen molar-refractivity contribution in [3.8, 4) is 5.75 Å². The summed E-state index contributed by atoms with van der Waals surface area (Å²) in [6.45, 7) is 6.87. The largest absolute Gasteiger partial charge is 1.00 e. The van der Waals surface area contributed by atoms with Crippen molar-refractivity contribution in [2.24, 2.45) is 0 Å². The Morgan fingerprint density at radius 1 is 1.08 bits per heavy atom. The van der Waals surface area contributed by atoms with Crippen molar-refractivity contribution in [2.75, 3.05) is 7.11 Å². The molecule has 1 nitrogen and oxygen atoms in total. The summed E-state index contributed by atoms with van der Waals surface area (Å²) in [5.74, 6) is 1.10. The lowest BCUT2D eigenvalue weighted by atomic mass is 9.83. The molecule has 3 heteroatoms. The van der Waals surface area contributed by atoms with Crippen molar-refractivity contribution in [3.63, 3.8) is 0 Å². The highest BCUT2D eigenvalue weighted by Gasteiger charge is 2.26. The SMILES string of the molecule is COc1c2cc(C(C)(C)C)cc1CCC1=C[CH+]C(=CC1Br)CC2.[Br-]. The molecule has 0 fully saturated rings. The van der Waals surface area contributed by atoms with Crippen molar-refractivity contribution >= 4 is 15.9 Å². The van der Waals surface area contributed by atoms with E-state index in [0.717, 1.165) is 31.4 Å². The van der Waals surface area contributed by atoms with Crippen LogP contribution in [0, 0.1) is 6.42 Å². The van der Waals surface area contributed by atoms with Gasteiger partial charge in [-0.2, -0.15) is 0 Å². The second-order valence-electron chi connectivity index (χ2n) is 7.63. The maximum Gasteiger partial charge on any atom is 0.140 e. The minimum absolute atomic E-state index is 0. The van der Waals surface area contributed by atoms with Crippen LogP contribution in [0.4, 0.5) is 0 Å². The van der Waals surface area contributed by atoms with Crippen LogP contribution in [0.3, 0.4) is 0 Å².